The van der Waals surface area contributed by atoms with Gasteiger partial charge in [-0.25, -0.2) is 0 Å². The van der Waals surface area contributed by atoms with Crippen LogP contribution in [0.15, 0.2) is 29.3 Å². The second kappa shape index (κ2) is 6.73. The molecule has 1 aromatic rings. The van der Waals surface area contributed by atoms with Crippen molar-refractivity contribution in [1.82, 2.24) is 0 Å². The Kier molecular flexibility index (Phi) is 4.66. The van der Waals surface area contributed by atoms with Gasteiger partial charge in [-0.05, 0) is 24.8 Å². The number of nitrogens with zero attached hydrogens (tertiary/aromatic N) is 2. The molecule has 6 heteroatoms. The number of benzene rings is 1. The van der Waals surface area contributed by atoms with Crippen LogP contribution in [0, 0.1) is 11.8 Å². The van der Waals surface area contributed by atoms with Crippen LogP contribution in [-0.2, 0) is 9.59 Å². The maximum atomic E-state index is 12.6. The summed E-state index contributed by atoms with van der Waals surface area (Å²) in [5.41, 5.74) is 8.26. The van der Waals surface area contributed by atoms with Gasteiger partial charge in [0, 0.05) is 17.2 Å². The average molecular weight is 329 g/mol. The molecule has 1 unspecified atom stereocenters. The Morgan fingerprint density at radius 1 is 1.29 bits per heavy atom. The number of rotatable bonds is 3. The summed E-state index contributed by atoms with van der Waals surface area (Å²) in [5.74, 6) is -0.558. The molecule has 1 aromatic carbocycles. The molecular weight excluding hydrogens is 306 g/mol. The third-order valence-electron chi connectivity index (χ3n) is 4.96. The zero-order chi connectivity index (χ0) is 17.3. The van der Waals surface area contributed by atoms with Crippen molar-refractivity contribution in [2.45, 2.75) is 38.8 Å². The molecule has 3 N–H and O–H groups in total. The predicted octanol–water partition coefficient (Wildman–Crippen LogP) is 2.02. The molecule has 0 radical (unpaired) electrons. The van der Waals surface area contributed by atoms with Gasteiger partial charge in [-0.1, -0.05) is 38.0 Å². The summed E-state index contributed by atoms with van der Waals surface area (Å²) in [6, 6.07) is 7.38. The van der Waals surface area contributed by atoms with Crippen molar-refractivity contribution in [3.8, 4) is 0 Å². The van der Waals surface area contributed by atoms with E-state index in [0.717, 1.165) is 37.0 Å². The van der Waals surface area contributed by atoms with Crippen LogP contribution in [0.3, 0.4) is 0 Å². The van der Waals surface area contributed by atoms with Gasteiger partial charge in [0.2, 0.25) is 0 Å². The molecule has 0 bridgehead atoms. The van der Waals surface area contributed by atoms with Crippen LogP contribution in [0.5, 0.6) is 0 Å². The molecule has 0 spiro atoms. The SMILES string of the molecule is CC1CCC(C2=NC(N)C(=O)N(CC(=O)O)c3ccccc32)CC1. The number of carbonyl (C=O) groups excluding carboxylic acids is 1. The number of nitrogens with two attached hydrogens (primary N) is 1. The number of hydrogen-bond acceptors (Lipinski definition) is 4. The Morgan fingerprint density at radius 2 is 1.96 bits per heavy atom. The van der Waals surface area contributed by atoms with E-state index in [0.29, 0.717) is 11.6 Å². The first-order valence-electron chi connectivity index (χ1n) is 8.43. The maximum Gasteiger partial charge on any atom is 0.323 e. The summed E-state index contributed by atoms with van der Waals surface area (Å²) < 4.78 is 0. The normalized spacial score (nSPS) is 27.2. The lowest BCUT2D eigenvalue weighted by Crippen LogP contribution is -2.44. The average Bonchev–Trinajstić information content (AvgIpc) is 2.66. The second-order valence-electron chi connectivity index (χ2n) is 6.75. The quantitative estimate of drug-likeness (QED) is 0.886. The van der Waals surface area contributed by atoms with Gasteiger partial charge in [-0.2, -0.15) is 0 Å². The molecule has 1 aliphatic carbocycles. The van der Waals surface area contributed by atoms with Gasteiger partial charge in [0.05, 0.1) is 5.69 Å². The smallest absolute Gasteiger partial charge is 0.323 e. The van der Waals surface area contributed by atoms with Gasteiger partial charge in [0.25, 0.3) is 5.91 Å². The van der Waals surface area contributed by atoms with Crippen molar-refractivity contribution in [1.29, 1.82) is 0 Å². The minimum absolute atomic E-state index is 0.269. The topological polar surface area (TPSA) is 96.0 Å². The van der Waals surface area contributed by atoms with E-state index in [1.165, 1.54) is 4.90 Å². The molecule has 2 aliphatic rings. The lowest BCUT2D eigenvalue weighted by molar-refractivity contribution is -0.136. The number of carboxylic acid groups (broad SMARTS) is 1. The van der Waals surface area contributed by atoms with Gasteiger partial charge >= 0.3 is 5.97 Å². The lowest BCUT2D eigenvalue weighted by Gasteiger charge is -2.28. The zero-order valence-electron chi connectivity index (χ0n) is 13.8. The van der Waals surface area contributed by atoms with Gasteiger partial charge in [0.15, 0.2) is 6.17 Å². The number of aliphatic imine (C=N–C) groups is 1. The molecule has 0 aromatic heterocycles. The number of carboxylic acids is 1. The van der Waals surface area contributed by atoms with Crippen LogP contribution in [0.4, 0.5) is 5.69 Å². The Labute approximate surface area is 141 Å². The van der Waals surface area contributed by atoms with Gasteiger partial charge < -0.3 is 10.8 Å². The third-order valence-corrected chi connectivity index (χ3v) is 4.96. The van der Waals surface area contributed by atoms with Crippen LogP contribution in [0.2, 0.25) is 0 Å². The highest BCUT2D eigenvalue weighted by molar-refractivity contribution is 6.14. The molecule has 1 heterocycles. The number of hydrogen-bond donors (Lipinski definition) is 2. The van der Waals surface area contributed by atoms with Crippen LogP contribution in [-0.4, -0.2) is 35.4 Å². The summed E-state index contributed by atoms with van der Waals surface area (Å²) in [7, 11) is 0. The van der Waals surface area contributed by atoms with E-state index < -0.39 is 24.6 Å². The first-order valence-corrected chi connectivity index (χ1v) is 8.43. The van der Waals surface area contributed by atoms with Crippen molar-refractivity contribution in [2.75, 3.05) is 11.4 Å². The molecule has 1 fully saturated rings. The molecule has 1 saturated carbocycles. The third kappa shape index (κ3) is 3.19. The van der Waals surface area contributed by atoms with Crippen molar-refractivity contribution in [2.24, 2.45) is 22.6 Å². The van der Waals surface area contributed by atoms with Crippen LogP contribution in [0.25, 0.3) is 0 Å². The summed E-state index contributed by atoms with van der Waals surface area (Å²) in [6.45, 7) is 1.84. The molecule has 1 atom stereocenters. The molecule has 128 valence electrons. The largest absolute Gasteiger partial charge is 0.480 e. The first-order chi connectivity index (χ1) is 11.5. The van der Waals surface area contributed by atoms with Gasteiger partial charge in [0.1, 0.15) is 6.54 Å². The summed E-state index contributed by atoms with van der Waals surface area (Å²) in [5, 5.41) is 9.16. The van der Waals surface area contributed by atoms with E-state index in [1.807, 2.05) is 12.1 Å². The Bertz CT molecular complexity index is 678. The highest BCUT2D eigenvalue weighted by Crippen LogP contribution is 2.35. The standard InChI is InChI=1S/C18H23N3O3/c1-11-6-8-12(9-7-11)16-13-4-2-3-5-14(13)21(10-15(22)23)18(24)17(19)20-16/h2-5,11-12,17H,6-10,19H2,1H3,(H,22,23). The summed E-state index contributed by atoms with van der Waals surface area (Å²) in [4.78, 5) is 29.5. The molecule has 1 aliphatic heterocycles. The second-order valence-corrected chi connectivity index (χ2v) is 6.75. The minimum atomic E-state index is -1.07. The van der Waals surface area contributed by atoms with E-state index in [9.17, 15) is 9.59 Å². The molecule has 24 heavy (non-hydrogen) atoms. The predicted molar refractivity (Wildman–Crippen MR) is 92.1 cm³/mol. The number of aliphatic carboxylic acids is 1. The zero-order valence-corrected chi connectivity index (χ0v) is 13.8. The lowest BCUT2D eigenvalue weighted by atomic mass is 9.78. The summed E-state index contributed by atoms with van der Waals surface area (Å²) >= 11 is 0. The fourth-order valence-corrected chi connectivity index (χ4v) is 3.64. The first kappa shape index (κ1) is 16.6. The number of para-hydroxylation sites is 1. The van der Waals surface area contributed by atoms with Crippen LogP contribution in [0.1, 0.15) is 38.2 Å². The number of benzodiazepines with no additional fused rings is 1. The number of fused-ring (bicyclic) bond motifs is 1. The van der Waals surface area contributed by atoms with E-state index in [4.69, 9.17) is 10.8 Å². The molecule has 3 rings (SSSR count). The fraction of sp³-hybridized carbons (Fsp3) is 0.500. The Morgan fingerprint density at radius 3 is 2.62 bits per heavy atom. The van der Waals surface area contributed by atoms with E-state index in [1.54, 1.807) is 12.1 Å². The Hall–Kier alpha value is -2.21. The minimum Gasteiger partial charge on any atom is -0.480 e. The van der Waals surface area contributed by atoms with Gasteiger partial charge in [-0.3, -0.25) is 19.5 Å². The fourth-order valence-electron chi connectivity index (χ4n) is 3.64. The highest BCUT2D eigenvalue weighted by atomic mass is 16.4. The van der Waals surface area contributed by atoms with Crippen molar-refractivity contribution in [3.63, 3.8) is 0 Å². The monoisotopic (exact) mass is 329 g/mol. The van der Waals surface area contributed by atoms with Crippen molar-refractivity contribution in [3.05, 3.63) is 29.8 Å². The van der Waals surface area contributed by atoms with E-state index in [-0.39, 0.29) is 5.92 Å². The Balaban J connectivity index is 2.03. The summed E-state index contributed by atoms with van der Waals surface area (Å²) in [6.07, 6.45) is 3.26. The van der Waals surface area contributed by atoms with E-state index in [2.05, 4.69) is 11.9 Å². The molecule has 6 nitrogen and oxygen atoms in total. The highest BCUT2D eigenvalue weighted by Gasteiger charge is 2.34. The number of anilines is 1. The van der Waals surface area contributed by atoms with Crippen molar-refractivity contribution >= 4 is 23.3 Å². The number of amides is 1. The molecule has 1 amide bonds. The molecular formula is C18H23N3O3. The van der Waals surface area contributed by atoms with Crippen molar-refractivity contribution < 1.29 is 14.7 Å². The molecule has 0 saturated heterocycles. The van der Waals surface area contributed by atoms with E-state index >= 15 is 0 Å². The van der Waals surface area contributed by atoms with Crippen LogP contribution >= 0.6 is 0 Å². The number of carbonyl (C=O) groups is 2. The maximum absolute atomic E-state index is 12.6. The van der Waals surface area contributed by atoms with Gasteiger partial charge in [-0.15, -0.1) is 0 Å². The van der Waals surface area contributed by atoms with Crippen LogP contribution < -0.4 is 10.6 Å².